The molecular formula is C24H36BrN3O4. The van der Waals surface area contributed by atoms with Gasteiger partial charge in [-0.1, -0.05) is 38.0 Å². The molecule has 0 amide bonds. The van der Waals surface area contributed by atoms with Crippen molar-refractivity contribution >= 4 is 22.7 Å². The molecule has 2 aromatic rings. The van der Waals surface area contributed by atoms with Crippen molar-refractivity contribution in [3.05, 3.63) is 63.2 Å². The Kier molecular flexibility index (Phi) is 13.6. The van der Waals surface area contributed by atoms with Gasteiger partial charge in [0.1, 0.15) is 0 Å². The molecule has 7 nitrogen and oxygen atoms in total. The first kappa shape index (κ1) is 27.9. The fourth-order valence-corrected chi connectivity index (χ4v) is 3.64. The number of unbranched alkanes of at least 4 members (excludes halogenated alkanes) is 3. The van der Waals surface area contributed by atoms with E-state index in [1.165, 1.54) is 12.8 Å². The first-order valence-electron chi connectivity index (χ1n) is 11.2. The van der Waals surface area contributed by atoms with Gasteiger partial charge in [0, 0.05) is 17.7 Å². The lowest BCUT2D eigenvalue weighted by molar-refractivity contribution is -0.384. The third kappa shape index (κ3) is 9.54. The Morgan fingerprint density at radius 2 is 1.44 bits per heavy atom. The van der Waals surface area contributed by atoms with Crippen LogP contribution in [0, 0.1) is 10.1 Å². The zero-order chi connectivity index (χ0) is 22.5. The van der Waals surface area contributed by atoms with Crippen molar-refractivity contribution in [1.82, 2.24) is 10.6 Å². The molecule has 0 atom stereocenters. The molecule has 178 valence electrons. The van der Waals surface area contributed by atoms with Gasteiger partial charge in [-0.2, -0.15) is 0 Å². The Hall–Kier alpha value is -2.16. The lowest BCUT2D eigenvalue weighted by Gasteiger charge is -2.12. The minimum atomic E-state index is -0.374. The predicted molar refractivity (Wildman–Crippen MR) is 134 cm³/mol. The molecule has 0 aromatic heterocycles. The van der Waals surface area contributed by atoms with E-state index < -0.39 is 0 Å². The summed E-state index contributed by atoms with van der Waals surface area (Å²) in [5, 5.41) is 37.1. The van der Waals surface area contributed by atoms with Gasteiger partial charge in [0.2, 0.25) is 0 Å². The second-order valence-corrected chi connectivity index (χ2v) is 7.76. The van der Waals surface area contributed by atoms with Crippen LogP contribution in [0.3, 0.4) is 0 Å². The minimum Gasteiger partial charge on any atom is -0.504 e. The molecule has 32 heavy (non-hydrogen) atoms. The fraction of sp³-hybridized carbons (Fsp3) is 0.500. The van der Waals surface area contributed by atoms with E-state index in [1.807, 2.05) is 25.1 Å². The molecule has 0 heterocycles. The van der Waals surface area contributed by atoms with Gasteiger partial charge in [0.05, 0.1) is 4.92 Å². The summed E-state index contributed by atoms with van der Waals surface area (Å²) in [6.45, 7) is 5.70. The number of nitrogens with zero attached hydrogens (tertiary/aromatic N) is 1. The van der Waals surface area contributed by atoms with E-state index in [1.54, 1.807) is 18.2 Å². The first-order valence-corrected chi connectivity index (χ1v) is 11.2. The van der Waals surface area contributed by atoms with Gasteiger partial charge < -0.3 is 20.8 Å². The molecule has 0 aliphatic heterocycles. The third-order valence-corrected chi connectivity index (χ3v) is 5.48. The second-order valence-electron chi connectivity index (χ2n) is 7.76. The number of non-ortho nitro benzene ring substituents is 1. The average molecular weight is 510 g/mol. The summed E-state index contributed by atoms with van der Waals surface area (Å²) in [6.07, 6.45) is 7.10. The maximum Gasteiger partial charge on any atom is 0.269 e. The first-order chi connectivity index (χ1) is 15.0. The van der Waals surface area contributed by atoms with E-state index in [4.69, 9.17) is 0 Å². The maximum absolute atomic E-state index is 10.6. The molecule has 0 saturated heterocycles. The lowest BCUT2D eigenvalue weighted by atomic mass is 10.0. The molecule has 0 radical (unpaired) electrons. The molecule has 0 bridgehead atoms. The van der Waals surface area contributed by atoms with Gasteiger partial charge in [0.25, 0.3) is 5.69 Å². The summed E-state index contributed by atoms with van der Waals surface area (Å²) in [7, 11) is 0. The van der Waals surface area contributed by atoms with Gasteiger partial charge in [-0.15, -0.1) is 17.0 Å². The number of hydrogen-bond donors (Lipinski definition) is 4. The smallest absolute Gasteiger partial charge is 0.269 e. The predicted octanol–water partition coefficient (Wildman–Crippen LogP) is 4.67. The highest BCUT2D eigenvalue weighted by Crippen LogP contribution is 2.31. The summed E-state index contributed by atoms with van der Waals surface area (Å²) in [5.74, 6) is -0.0317. The van der Waals surface area contributed by atoms with Gasteiger partial charge >= 0.3 is 0 Å². The van der Waals surface area contributed by atoms with E-state index in [9.17, 15) is 20.3 Å². The van der Waals surface area contributed by atoms with Crippen LogP contribution in [-0.4, -0.2) is 41.3 Å². The number of halogens is 1. The summed E-state index contributed by atoms with van der Waals surface area (Å²) in [6, 6.07) is 10.2. The average Bonchev–Trinajstić information content (AvgIpc) is 2.77. The normalized spacial score (nSPS) is 10.7. The second kappa shape index (κ2) is 15.6. The number of aromatic hydroxyl groups is 2. The molecule has 2 rings (SSSR count). The van der Waals surface area contributed by atoms with Crippen molar-refractivity contribution in [2.24, 2.45) is 0 Å². The van der Waals surface area contributed by atoms with E-state index in [-0.39, 0.29) is 39.1 Å². The van der Waals surface area contributed by atoms with E-state index in [0.29, 0.717) is 6.42 Å². The van der Waals surface area contributed by atoms with Crippen LogP contribution in [-0.2, 0) is 19.3 Å². The largest absolute Gasteiger partial charge is 0.504 e. The lowest BCUT2D eigenvalue weighted by Crippen LogP contribution is -2.19. The topological polar surface area (TPSA) is 108 Å². The van der Waals surface area contributed by atoms with Crippen molar-refractivity contribution < 1.29 is 15.1 Å². The monoisotopic (exact) mass is 509 g/mol. The standard InChI is InChI=1S/C24H35N3O4.BrH/c1-2-22-20(9-12-23(28)24(22)29)14-18-26-16-6-4-3-5-15-25-17-13-19-7-10-21(11-8-19)27(30)31;/h7-12,25-26,28-29H,2-6,13-18H2,1H3;1H. The molecule has 0 spiro atoms. The summed E-state index contributed by atoms with van der Waals surface area (Å²) in [4.78, 5) is 10.3. The van der Waals surface area contributed by atoms with Crippen molar-refractivity contribution in [3.8, 4) is 11.5 Å². The highest BCUT2D eigenvalue weighted by Gasteiger charge is 2.10. The molecule has 0 aliphatic rings. The van der Waals surface area contributed by atoms with Crippen molar-refractivity contribution in [3.63, 3.8) is 0 Å². The number of nitro groups is 1. The Morgan fingerprint density at radius 1 is 0.844 bits per heavy atom. The van der Waals surface area contributed by atoms with E-state index in [2.05, 4.69) is 10.6 Å². The van der Waals surface area contributed by atoms with Crippen LogP contribution in [0.25, 0.3) is 0 Å². The van der Waals surface area contributed by atoms with Crippen LogP contribution < -0.4 is 10.6 Å². The van der Waals surface area contributed by atoms with Crippen molar-refractivity contribution in [2.75, 3.05) is 26.2 Å². The van der Waals surface area contributed by atoms with Gasteiger partial charge in [-0.05, 0) is 75.5 Å². The van der Waals surface area contributed by atoms with Crippen LogP contribution in [0.2, 0.25) is 0 Å². The van der Waals surface area contributed by atoms with Crippen molar-refractivity contribution in [2.45, 2.75) is 51.9 Å². The van der Waals surface area contributed by atoms with Crippen molar-refractivity contribution in [1.29, 1.82) is 0 Å². The highest BCUT2D eigenvalue weighted by molar-refractivity contribution is 8.93. The van der Waals surface area contributed by atoms with Gasteiger partial charge in [-0.3, -0.25) is 10.1 Å². The van der Waals surface area contributed by atoms with Gasteiger partial charge in [0.15, 0.2) is 11.5 Å². The zero-order valence-electron chi connectivity index (χ0n) is 18.8. The number of nitrogens with one attached hydrogen (secondary N) is 2. The third-order valence-electron chi connectivity index (χ3n) is 5.48. The van der Waals surface area contributed by atoms with Crippen LogP contribution in [0.1, 0.15) is 49.3 Å². The maximum atomic E-state index is 10.6. The molecule has 4 N–H and O–H groups in total. The molecule has 8 heteroatoms. The summed E-state index contributed by atoms with van der Waals surface area (Å²) in [5.41, 5.74) is 3.17. The Bertz CT molecular complexity index is 816. The number of benzene rings is 2. The number of phenols is 2. The number of phenolic OH excluding ortho intramolecular Hbond substituents is 2. The summed E-state index contributed by atoms with van der Waals surface area (Å²) < 4.78 is 0. The Morgan fingerprint density at radius 3 is 2.00 bits per heavy atom. The molecule has 2 aromatic carbocycles. The van der Waals surface area contributed by atoms with Crippen LogP contribution in [0.5, 0.6) is 11.5 Å². The molecule has 0 saturated carbocycles. The zero-order valence-corrected chi connectivity index (χ0v) is 20.5. The highest BCUT2D eigenvalue weighted by atomic mass is 79.9. The van der Waals surface area contributed by atoms with Crippen LogP contribution >= 0.6 is 17.0 Å². The number of hydrogen-bond acceptors (Lipinski definition) is 6. The minimum absolute atomic E-state index is 0. The number of nitro benzene ring substituents is 1. The summed E-state index contributed by atoms with van der Waals surface area (Å²) >= 11 is 0. The molecule has 0 aliphatic carbocycles. The van der Waals surface area contributed by atoms with Crippen LogP contribution in [0.4, 0.5) is 5.69 Å². The Labute approximate surface area is 201 Å². The van der Waals surface area contributed by atoms with E-state index in [0.717, 1.165) is 68.6 Å². The Balaban J connectivity index is 0.00000512. The van der Waals surface area contributed by atoms with E-state index >= 15 is 0 Å². The SMILES string of the molecule is Br.CCc1c(CCNCCCCCCNCCc2ccc([N+](=O)[O-])cc2)ccc(O)c1O. The molecule has 0 fully saturated rings. The number of rotatable bonds is 15. The van der Waals surface area contributed by atoms with Gasteiger partial charge in [-0.25, -0.2) is 0 Å². The van der Waals surface area contributed by atoms with Crippen LogP contribution in [0.15, 0.2) is 36.4 Å². The molecular weight excluding hydrogens is 474 g/mol. The quantitative estimate of drug-likeness (QED) is 0.120. The molecule has 0 unspecified atom stereocenters. The fourth-order valence-electron chi connectivity index (χ4n) is 3.64.